The van der Waals surface area contributed by atoms with Crippen LogP contribution in [0.4, 0.5) is 4.39 Å². The minimum absolute atomic E-state index is 0.254. The first-order valence-corrected chi connectivity index (χ1v) is 7.43. The van der Waals surface area contributed by atoms with Crippen molar-refractivity contribution in [3.8, 4) is 11.5 Å². The summed E-state index contributed by atoms with van der Waals surface area (Å²) in [7, 11) is 2.94. The molecule has 0 aromatic heterocycles. The highest BCUT2D eigenvalue weighted by atomic mass is 19.1. The van der Waals surface area contributed by atoms with Crippen molar-refractivity contribution in [2.75, 3.05) is 20.8 Å². The van der Waals surface area contributed by atoms with Crippen LogP contribution in [0.15, 0.2) is 42.5 Å². The lowest BCUT2D eigenvalue weighted by Crippen LogP contribution is -2.28. The number of hydrogen-bond acceptors (Lipinski definition) is 5. The number of ether oxygens (including phenoxy) is 3. The van der Waals surface area contributed by atoms with Gasteiger partial charge in [0, 0.05) is 12.6 Å². The Hall–Kier alpha value is -3.09. The topological polar surface area (TPSA) is 73.9 Å². The van der Waals surface area contributed by atoms with Crippen molar-refractivity contribution >= 4 is 11.9 Å². The second kappa shape index (κ2) is 8.68. The molecule has 0 fully saturated rings. The minimum Gasteiger partial charge on any atom is -0.497 e. The molecule has 0 unspecified atom stereocenters. The van der Waals surface area contributed by atoms with Gasteiger partial charge in [-0.3, -0.25) is 4.79 Å². The number of methoxy groups -OCH3 is 2. The molecule has 0 saturated heterocycles. The van der Waals surface area contributed by atoms with Gasteiger partial charge < -0.3 is 19.5 Å². The van der Waals surface area contributed by atoms with E-state index in [1.54, 1.807) is 25.3 Å². The predicted octanol–water partition coefficient (Wildman–Crippen LogP) is 2.32. The fourth-order valence-electron chi connectivity index (χ4n) is 2.03. The minimum atomic E-state index is -0.920. The van der Waals surface area contributed by atoms with Gasteiger partial charge in [-0.2, -0.15) is 0 Å². The highest BCUT2D eigenvalue weighted by molar-refractivity contribution is 5.91. The van der Waals surface area contributed by atoms with Gasteiger partial charge in [0.25, 0.3) is 5.91 Å². The average Bonchev–Trinajstić information content (AvgIpc) is 2.64. The third-order valence-electron chi connectivity index (χ3n) is 3.35. The number of carbonyl (C=O) groups excluding carboxylic acids is 2. The van der Waals surface area contributed by atoms with E-state index in [9.17, 15) is 14.0 Å². The normalized spacial score (nSPS) is 10.0. The van der Waals surface area contributed by atoms with Crippen LogP contribution < -0.4 is 14.8 Å². The molecule has 0 aliphatic rings. The zero-order valence-corrected chi connectivity index (χ0v) is 13.9. The monoisotopic (exact) mass is 347 g/mol. The van der Waals surface area contributed by atoms with Crippen LogP contribution in [0.5, 0.6) is 11.5 Å². The first kappa shape index (κ1) is 18.3. The van der Waals surface area contributed by atoms with E-state index in [-0.39, 0.29) is 17.9 Å². The fourth-order valence-corrected chi connectivity index (χ4v) is 2.03. The molecule has 2 aromatic rings. The Bertz CT molecular complexity index is 763. The SMILES string of the molecule is COc1cccc(CNC(=O)COC(=O)c2ccc(OC)cc2F)c1. The second-order valence-electron chi connectivity index (χ2n) is 5.05. The van der Waals surface area contributed by atoms with E-state index in [1.165, 1.54) is 19.2 Å². The molecule has 0 spiro atoms. The Morgan fingerprint density at radius 2 is 1.76 bits per heavy atom. The van der Waals surface area contributed by atoms with Crippen molar-refractivity contribution < 1.29 is 28.2 Å². The van der Waals surface area contributed by atoms with Gasteiger partial charge >= 0.3 is 5.97 Å². The van der Waals surface area contributed by atoms with Crippen molar-refractivity contribution in [1.29, 1.82) is 0 Å². The van der Waals surface area contributed by atoms with Crippen LogP contribution in [0.25, 0.3) is 0 Å². The number of benzene rings is 2. The molecular formula is C18H18FNO5. The summed E-state index contributed by atoms with van der Waals surface area (Å²) in [5, 5.41) is 2.60. The molecule has 7 heteroatoms. The molecule has 132 valence electrons. The molecule has 0 saturated carbocycles. The molecule has 0 atom stereocenters. The molecule has 0 aliphatic carbocycles. The lowest BCUT2D eigenvalue weighted by atomic mass is 10.2. The van der Waals surface area contributed by atoms with Crippen LogP contribution in [0.1, 0.15) is 15.9 Å². The van der Waals surface area contributed by atoms with E-state index in [0.717, 1.165) is 11.6 Å². The lowest BCUT2D eigenvalue weighted by Gasteiger charge is -2.08. The van der Waals surface area contributed by atoms with E-state index >= 15 is 0 Å². The first-order chi connectivity index (χ1) is 12.0. The maximum Gasteiger partial charge on any atom is 0.341 e. The average molecular weight is 347 g/mol. The van der Waals surface area contributed by atoms with Crippen LogP contribution >= 0.6 is 0 Å². The molecule has 0 aliphatic heterocycles. The summed E-state index contributed by atoms with van der Waals surface area (Å²) in [6, 6.07) is 10.9. The van der Waals surface area contributed by atoms with Crippen LogP contribution in [-0.4, -0.2) is 32.7 Å². The van der Waals surface area contributed by atoms with Gasteiger partial charge in [-0.25, -0.2) is 9.18 Å². The fraction of sp³-hybridized carbons (Fsp3) is 0.222. The van der Waals surface area contributed by atoms with Gasteiger partial charge in [-0.05, 0) is 29.8 Å². The van der Waals surface area contributed by atoms with Gasteiger partial charge in [0.1, 0.15) is 17.3 Å². The number of esters is 1. The number of carbonyl (C=O) groups is 2. The standard InChI is InChI=1S/C18H18FNO5/c1-23-13-5-3-4-12(8-13)10-20-17(21)11-25-18(22)15-7-6-14(24-2)9-16(15)19/h3-9H,10-11H2,1-2H3,(H,20,21). The van der Waals surface area contributed by atoms with Crippen molar-refractivity contribution in [2.24, 2.45) is 0 Å². The van der Waals surface area contributed by atoms with Crippen molar-refractivity contribution in [3.05, 3.63) is 59.4 Å². The molecule has 2 aromatic carbocycles. The quantitative estimate of drug-likeness (QED) is 0.778. The van der Waals surface area contributed by atoms with Crippen LogP contribution in [0.2, 0.25) is 0 Å². The van der Waals surface area contributed by atoms with Crippen LogP contribution in [0, 0.1) is 5.82 Å². The summed E-state index contributed by atoms with van der Waals surface area (Å²) in [6.45, 7) is -0.251. The second-order valence-corrected chi connectivity index (χ2v) is 5.05. The number of hydrogen-bond donors (Lipinski definition) is 1. The Balaban J connectivity index is 1.84. The molecule has 0 radical (unpaired) electrons. The zero-order valence-electron chi connectivity index (χ0n) is 13.9. The van der Waals surface area contributed by atoms with Gasteiger partial charge in [0.15, 0.2) is 6.61 Å². The van der Waals surface area contributed by atoms with E-state index in [1.807, 2.05) is 6.07 Å². The highest BCUT2D eigenvalue weighted by Gasteiger charge is 2.15. The van der Waals surface area contributed by atoms with E-state index in [0.29, 0.717) is 5.75 Å². The molecule has 1 amide bonds. The first-order valence-electron chi connectivity index (χ1n) is 7.43. The van der Waals surface area contributed by atoms with E-state index in [4.69, 9.17) is 14.2 Å². The summed E-state index contributed by atoms with van der Waals surface area (Å²) in [4.78, 5) is 23.6. The maximum atomic E-state index is 13.8. The van der Waals surface area contributed by atoms with Crippen molar-refractivity contribution in [3.63, 3.8) is 0 Å². The Kier molecular flexibility index (Phi) is 6.33. The van der Waals surface area contributed by atoms with Gasteiger partial charge in [-0.15, -0.1) is 0 Å². The van der Waals surface area contributed by atoms with Gasteiger partial charge in [0.05, 0.1) is 19.8 Å². The largest absolute Gasteiger partial charge is 0.497 e. The maximum absolute atomic E-state index is 13.8. The summed E-state index contributed by atoms with van der Waals surface area (Å²) in [5.41, 5.74) is 0.571. The van der Waals surface area contributed by atoms with Crippen LogP contribution in [0.3, 0.4) is 0 Å². The van der Waals surface area contributed by atoms with Gasteiger partial charge in [-0.1, -0.05) is 12.1 Å². The Morgan fingerprint density at radius 3 is 2.44 bits per heavy atom. The third-order valence-corrected chi connectivity index (χ3v) is 3.35. The lowest BCUT2D eigenvalue weighted by molar-refractivity contribution is -0.124. The molecule has 0 heterocycles. The summed E-state index contributed by atoms with van der Waals surface area (Å²) >= 11 is 0. The summed E-state index contributed by atoms with van der Waals surface area (Å²) < 4.78 is 28.5. The van der Waals surface area contributed by atoms with Crippen molar-refractivity contribution in [1.82, 2.24) is 5.32 Å². The molecule has 0 bridgehead atoms. The van der Waals surface area contributed by atoms with Crippen molar-refractivity contribution in [2.45, 2.75) is 6.54 Å². The number of amides is 1. The Morgan fingerprint density at radius 1 is 1.04 bits per heavy atom. The smallest absolute Gasteiger partial charge is 0.341 e. The number of halogens is 1. The van der Waals surface area contributed by atoms with Gasteiger partial charge in [0.2, 0.25) is 0 Å². The summed E-state index contributed by atoms with van der Waals surface area (Å²) in [6.07, 6.45) is 0. The number of nitrogens with one attached hydrogen (secondary N) is 1. The zero-order chi connectivity index (χ0) is 18.2. The predicted molar refractivity (Wildman–Crippen MR) is 88.1 cm³/mol. The molecule has 1 N–H and O–H groups in total. The van der Waals surface area contributed by atoms with E-state index in [2.05, 4.69) is 5.32 Å². The number of rotatable bonds is 7. The third kappa shape index (κ3) is 5.20. The molecule has 2 rings (SSSR count). The van der Waals surface area contributed by atoms with Crippen LogP contribution in [-0.2, 0) is 16.1 Å². The van der Waals surface area contributed by atoms with E-state index < -0.39 is 24.3 Å². The molecule has 25 heavy (non-hydrogen) atoms. The summed E-state index contributed by atoms with van der Waals surface area (Å²) in [5.74, 6) is -1.24. The molecule has 6 nitrogen and oxygen atoms in total. The molecular weight excluding hydrogens is 329 g/mol. The highest BCUT2D eigenvalue weighted by Crippen LogP contribution is 2.17. The Labute approximate surface area is 144 Å².